The van der Waals surface area contributed by atoms with Crippen LogP contribution in [0.2, 0.25) is 0 Å². The predicted octanol–water partition coefficient (Wildman–Crippen LogP) is 3.32. The highest BCUT2D eigenvalue weighted by Gasteiger charge is 2.20. The third kappa shape index (κ3) is 3.59. The van der Waals surface area contributed by atoms with Crippen LogP contribution >= 0.6 is 11.3 Å². The molecule has 0 atom stereocenters. The number of anilines is 2. The normalized spacial score (nSPS) is 13.3. The lowest BCUT2D eigenvalue weighted by Crippen LogP contribution is -2.36. The highest BCUT2D eigenvalue weighted by atomic mass is 32.1. The first kappa shape index (κ1) is 16.5. The van der Waals surface area contributed by atoms with Gasteiger partial charge in [0.25, 0.3) is 0 Å². The number of fused-ring (bicyclic) bond motifs is 1. The SMILES string of the molecule is CCOC(=O)c1ccsc1NC(=O)CN1CCCc2ccccc21. The van der Waals surface area contributed by atoms with Crippen molar-refractivity contribution in [3.8, 4) is 0 Å². The Morgan fingerprint density at radius 2 is 2.12 bits per heavy atom. The summed E-state index contributed by atoms with van der Waals surface area (Å²) in [6.45, 7) is 3.21. The fourth-order valence-electron chi connectivity index (χ4n) is 2.89. The first-order chi connectivity index (χ1) is 11.7. The van der Waals surface area contributed by atoms with Crippen molar-refractivity contribution in [2.45, 2.75) is 19.8 Å². The van der Waals surface area contributed by atoms with Crippen LogP contribution < -0.4 is 10.2 Å². The number of hydrogen-bond acceptors (Lipinski definition) is 5. The molecule has 2 heterocycles. The van der Waals surface area contributed by atoms with Crippen LogP contribution in [0.15, 0.2) is 35.7 Å². The summed E-state index contributed by atoms with van der Waals surface area (Å²) in [4.78, 5) is 26.4. The van der Waals surface area contributed by atoms with E-state index >= 15 is 0 Å². The van der Waals surface area contributed by atoms with Gasteiger partial charge in [0, 0.05) is 12.2 Å². The molecular weight excluding hydrogens is 324 g/mol. The Morgan fingerprint density at radius 1 is 1.29 bits per heavy atom. The van der Waals surface area contributed by atoms with Gasteiger partial charge in [-0.25, -0.2) is 4.79 Å². The van der Waals surface area contributed by atoms with Gasteiger partial charge < -0.3 is 15.0 Å². The molecule has 0 fully saturated rings. The standard InChI is InChI=1S/C18H20N2O3S/c1-2-23-18(22)14-9-11-24-17(14)19-16(21)12-20-10-5-7-13-6-3-4-8-15(13)20/h3-4,6,8-9,11H,2,5,7,10,12H2,1H3,(H,19,21). The Bertz CT molecular complexity index is 741. The zero-order chi connectivity index (χ0) is 16.9. The Labute approximate surface area is 145 Å². The molecule has 1 aromatic heterocycles. The van der Waals surface area contributed by atoms with Crippen LogP contribution in [0.3, 0.4) is 0 Å². The first-order valence-electron chi connectivity index (χ1n) is 8.06. The Balaban J connectivity index is 1.67. The van der Waals surface area contributed by atoms with Gasteiger partial charge in [-0.15, -0.1) is 11.3 Å². The molecule has 0 saturated carbocycles. The lowest BCUT2D eigenvalue weighted by molar-refractivity contribution is -0.115. The maximum Gasteiger partial charge on any atom is 0.341 e. The molecule has 0 bridgehead atoms. The Morgan fingerprint density at radius 3 is 2.96 bits per heavy atom. The van der Waals surface area contributed by atoms with Gasteiger partial charge in [-0.1, -0.05) is 18.2 Å². The van der Waals surface area contributed by atoms with Crippen molar-refractivity contribution in [3.05, 3.63) is 46.8 Å². The summed E-state index contributed by atoms with van der Waals surface area (Å²) >= 11 is 1.33. The minimum absolute atomic E-state index is 0.125. The quantitative estimate of drug-likeness (QED) is 0.846. The lowest BCUT2D eigenvalue weighted by Gasteiger charge is -2.30. The summed E-state index contributed by atoms with van der Waals surface area (Å²) < 4.78 is 5.01. The summed E-state index contributed by atoms with van der Waals surface area (Å²) in [6, 6.07) is 9.86. The highest BCUT2D eigenvalue weighted by molar-refractivity contribution is 7.14. The van der Waals surface area contributed by atoms with Crippen molar-refractivity contribution in [2.24, 2.45) is 0 Å². The number of nitrogens with zero attached hydrogens (tertiary/aromatic N) is 1. The van der Waals surface area contributed by atoms with E-state index in [1.54, 1.807) is 18.4 Å². The van der Waals surface area contributed by atoms with Crippen LogP contribution in [-0.4, -0.2) is 31.6 Å². The average Bonchev–Trinajstić information content (AvgIpc) is 3.03. The lowest BCUT2D eigenvalue weighted by atomic mass is 10.0. The minimum atomic E-state index is -0.405. The fraction of sp³-hybridized carbons (Fsp3) is 0.333. The van der Waals surface area contributed by atoms with Crippen molar-refractivity contribution >= 4 is 33.9 Å². The number of aryl methyl sites for hydroxylation is 1. The predicted molar refractivity (Wildman–Crippen MR) is 95.9 cm³/mol. The van der Waals surface area contributed by atoms with Crippen LogP contribution in [0.25, 0.3) is 0 Å². The monoisotopic (exact) mass is 344 g/mol. The van der Waals surface area contributed by atoms with Crippen LogP contribution in [-0.2, 0) is 16.0 Å². The van der Waals surface area contributed by atoms with Crippen molar-refractivity contribution in [1.29, 1.82) is 0 Å². The molecule has 0 spiro atoms. The van der Waals surface area contributed by atoms with Crippen LogP contribution in [0, 0.1) is 0 Å². The van der Waals surface area contributed by atoms with Crippen LogP contribution in [0.1, 0.15) is 29.3 Å². The van der Waals surface area contributed by atoms with Gasteiger partial charge in [-0.05, 0) is 42.8 Å². The Kier molecular flexibility index (Phi) is 5.15. The molecular formula is C18H20N2O3S. The molecule has 1 aliphatic heterocycles. The molecule has 0 radical (unpaired) electrons. The summed E-state index contributed by atoms with van der Waals surface area (Å²) in [5, 5.41) is 5.17. The van der Waals surface area contributed by atoms with Crippen LogP contribution in [0.4, 0.5) is 10.7 Å². The Hall–Kier alpha value is -2.34. The third-order valence-electron chi connectivity index (χ3n) is 3.95. The second-order valence-corrected chi connectivity index (χ2v) is 6.50. The van der Waals surface area contributed by atoms with Crippen molar-refractivity contribution in [1.82, 2.24) is 0 Å². The van der Waals surface area contributed by atoms with E-state index in [4.69, 9.17) is 4.74 Å². The largest absolute Gasteiger partial charge is 0.462 e. The second kappa shape index (κ2) is 7.49. The van der Waals surface area contributed by atoms with Gasteiger partial charge >= 0.3 is 5.97 Å². The number of carbonyl (C=O) groups is 2. The summed E-state index contributed by atoms with van der Waals surface area (Å²) in [5.41, 5.74) is 2.81. The zero-order valence-electron chi connectivity index (χ0n) is 13.6. The van der Waals surface area contributed by atoms with E-state index in [1.807, 2.05) is 12.1 Å². The van der Waals surface area contributed by atoms with Gasteiger partial charge in [-0.2, -0.15) is 0 Å². The highest BCUT2D eigenvalue weighted by Crippen LogP contribution is 2.27. The number of para-hydroxylation sites is 1. The van der Waals surface area contributed by atoms with E-state index in [0.717, 1.165) is 25.1 Å². The smallest absolute Gasteiger partial charge is 0.341 e. The number of thiophene rings is 1. The van der Waals surface area contributed by atoms with Crippen molar-refractivity contribution in [2.75, 3.05) is 29.9 Å². The molecule has 2 aromatic rings. The molecule has 5 nitrogen and oxygen atoms in total. The van der Waals surface area contributed by atoms with Crippen LogP contribution in [0.5, 0.6) is 0 Å². The van der Waals surface area contributed by atoms with E-state index < -0.39 is 5.97 Å². The van der Waals surface area contributed by atoms with E-state index in [-0.39, 0.29) is 12.5 Å². The first-order valence-corrected chi connectivity index (χ1v) is 8.94. The molecule has 1 N–H and O–H groups in total. The van der Waals surface area contributed by atoms with Gasteiger partial charge in [0.05, 0.1) is 18.7 Å². The second-order valence-electron chi connectivity index (χ2n) is 5.59. The van der Waals surface area contributed by atoms with Crippen molar-refractivity contribution in [3.63, 3.8) is 0 Å². The maximum atomic E-state index is 12.4. The molecule has 1 amide bonds. The van der Waals surface area contributed by atoms with E-state index in [1.165, 1.54) is 16.9 Å². The molecule has 0 saturated heterocycles. The molecule has 3 rings (SSSR count). The van der Waals surface area contributed by atoms with Gasteiger partial charge in [0.15, 0.2) is 0 Å². The maximum absolute atomic E-state index is 12.4. The molecule has 24 heavy (non-hydrogen) atoms. The topological polar surface area (TPSA) is 58.6 Å². The van der Waals surface area contributed by atoms with Gasteiger partial charge in [0.1, 0.15) is 5.00 Å². The minimum Gasteiger partial charge on any atom is -0.462 e. The third-order valence-corrected chi connectivity index (χ3v) is 4.78. The summed E-state index contributed by atoms with van der Waals surface area (Å²) in [6.07, 6.45) is 2.09. The molecule has 1 aliphatic rings. The number of nitrogens with one attached hydrogen (secondary N) is 1. The molecule has 0 aliphatic carbocycles. The molecule has 6 heteroatoms. The average molecular weight is 344 g/mol. The summed E-state index contributed by atoms with van der Waals surface area (Å²) in [5.74, 6) is -0.530. The van der Waals surface area contributed by atoms with Crippen molar-refractivity contribution < 1.29 is 14.3 Å². The number of rotatable bonds is 5. The number of benzene rings is 1. The molecule has 0 unspecified atom stereocenters. The summed E-state index contributed by atoms with van der Waals surface area (Å²) in [7, 11) is 0. The van der Waals surface area contributed by atoms with Gasteiger partial charge in [-0.3, -0.25) is 4.79 Å². The number of amides is 1. The number of carbonyl (C=O) groups excluding carboxylic acids is 2. The van der Waals surface area contributed by atoms with E-state index in [2.05, 4.69) is 22.3 Å². The molecule has 1 aromatic carbocycles. The zero-order valence-corrected chi connectivity index (χ0v) is 14.4. The van der Waals surface area contributed by atoms with E-state index in [0.29, 0.717) is 17.2 Å². The number of hydrogen-bond donors (Lipinski definition) is 1. The number of ether oxygens (including phenoxy) is 1. The fourth-order valence-corrected chi connectivity index (χ4v) is 3.68. The number of esters is 1. The molecule has 126 valence electrons. The van der Waals surface area contributed by atoms with Gasteiger partial charge in [0.2, 0.25) is 5.91 Å². The van der Waals surface area contributed by atoms with E-state index in [9.17, 15) is 9.59 Å².